The maximum Gasteiger partial charge on any atom is 0.152 e. The second-order valence-electron chi connectivity index (χ2n) is 3.29. The summed E-state index contributed by atoms with van der Waals surface area (Å²) < 4.78 is 0. The monoisotopic (exact) mass is 174 g/mol. The zero-order valence-corrected chi connectivity index (χ0v) is 8.29. The largest absolute Gasteiger partial charge is 0.295 e. The van der Waals surface area contributed by atoms with Crippen molar-refractivity contribution in [2.24, 2.45) is 0 Å². The Morgan fingerprint density at radius 1 is 1.23 bits per heavy atom. The summed E-state index contributed by atoms with van der Waals surface area (Å²) in [5.41, 5.74) is 3.61. The summed E-state index contributed by atoms with van der Waals surface area (Å²) in [6, 6.07) is 6.16. The summed E-state index contributed by atoms with van der Waals surface area (Å²) in [7, 11) is 0. The van der Waals surface area contributed by atoms with Gasteiger partial charge in [-0.2, -0.15) is 0 Å². The summed E-state index contributed by atoms with van der Waals surface area (Å²) in [6.45, 7) is 5.70. The number of carbonyl (C=O) groups excluding carboxylic acids is 1. The molecular formula is C12H14O. The summed E-state index contributed by atoms with van der Waals surface area (Å²) in [5, 5.41) is 0. The maximum absolute atomic E-state index is 10.7. The Morgan fingerprint density at radius 2 is 1.92 bits per heavy atom. The van der Waals surface area contributed by atoms with E-state index >= 15 is 0 Å². The van der Waals surface area contributed by atoms with Crippen molar-refractivity contribution >= 4 is 11.9 Å². The van der Waals surface area contributed by atoms with Crippen LogP contribution in [0.4, 0.5) is 0 Å². The number of hydrogen-bond acceptors (Lipinski definition) is 1. The third kappa shape index (κ3) is 2.86. The van der Waals surface area contributed by atoms with Crippen molar-refractivity contribution in [3.63, 3.8) is 0 Å². The third-order valence-corrected chi connectivity index (χ3v) is 2.04. The highest BCUT2D eigenvalue weighted by Crippen LogP contribution is 2.10. The molecule has 0 aliphatic heterocycles. The maximum atomic E-state index is 10.7. The Morgan fingerprint density at radius 3 is 2.46 bits per heavy atom. The molecule has 0 aromatic heterocycles. The molecule has 0 bridgehead atoms. The Balaban J connectivity index is 2.92. The molecule has 0 aliphatic rings. The van der Waals surface area contributed by atoms with E-state index in [1.807, 2.05) is 12.1 Å². The SMILES string of the molecule is CC(=O)/C=C/c1ccc(C)c(C)c1. The highest BCUT2D eigenvalue weighted by molar-refractivity contribution is 5.91. The number of hydrogen-bond donors (Lipinski definition) is 0. The van der Waals surface area contributed by atoms with Gasteiger partial charge in [-0.1, -0.05) is 24.3 Å². The van der Waals surface area contributed by atoms with E-state index in [1.165, 1.54) is 11.1 Å². The Labute approximate surface area is 79.1 Å². The van der Waals surface area contributed by atoms with Gasteiger partial charge in [0.2, 0.25) is 0 Å². The Kier molecular flexibility index (Phi) is 3.02. The lowest BCUT2D eigenvalue weighted by molar-refractivity contribution is -0.112. The van der Waals surface area contributed by atoms with Gasteiger partial charge in [-0.25, -0.2) is 0 Å². The number of allylic oxidation sites excluding steroid dienone is 1. The lowest BCUT2D eigenvalue weighted by Crippen LogP contribution is -1.83. The van der Waals surface area contributed by atoms with Crippen LogP contribution in [0.2, 0.25) is 0 Å². The molecule has 1 aromatic rings. The quantitative estimate of drug-likeness (QED) is 0.630. The molecule has 1 rings (SSSR count). The number of ketones is 1. The molecule has 0 saturated heterocycles. The predicted octanol–water partition coefficient (Wildman–Crippen LogP) is 2.91. The van der Waals surface area contributed by atoms with Crippen molar-refractivity contribution in [3.05, 3.63) is 41.0 Å². The molecule has 0 saturated carbocycles. The van der Waals surface area contributed by atoms with Gasteiger partial charge in [0.05, 0.1) is 0 Å². The fourth-order valence-electron chi connectivity index (χ4n) is 1.08. The van der Waals surface area contributed by atoms with Crippen LogP contribution in [-0.2, 0) is 4.79 Å². The number of carbonyl (C=O) groups is 1. The van der Waals surface area contributed by atoms with Gasteiger partial charge in [0.25, 0.3) is 0 Å². The number of aryl methyl sites for hydroxylation is 2. The fraction of sp³-hybridized carbons (Fsp3) is 0.250. The Hall–Kier alpha value is -1.37. The zero-order chi connectivity index (χ0) is 9.84. The first-order chi connectivity index (χ1) is 6.09. The predicted molar refractivity (Wildman–Crippen MR) is 55.6 cm³/mol. The zero-order valence-electron chi connectivity index (χ0n) is 8.29. The first-order valence-electron chi connectivity index (χ1n) is 4.35. The lowest BCUT2D eigenvalue weighted by atomic mass is 10.1. The van der Waals surface area contributed by atoms with Crippen molar-refractivity contribution in [1.82, 2.24) is 0 Å². The van der Waals surface area contributed by atoms with Crippen LogP contribution < -0.4 is 0 Å². The minimum absolute atomic E-state index is 0.0817. The van der Waals surface area contributed by atoms with Crippen LogP contribution in [0.15, 0.2) is 24.3 Å². The molecule has 0 fully saturated rings. The molecule has 13 heavy (non-hydrogen) atoms. The molecule has 0 spiro atoms. The van der Waals surface area contributed by atoms with Gasteiger partial charge >= 0.3 is 0 Å². The van der Waals surface area contributed by atoms with E-state index < -0.39 is 0 Å². The average molecular weight is 174 g/mol. The van der Waals surface area contributed by atoms with Crippen molar-refractivity contribution in [2.75, 3.05) is 0 Å². The minimum Gasteiger partial charge on any atom is -0.295 e. The summed E-state index contributed by atoms with van der Waals surface area (Å²) in [4.78, 5) is 10.7. The molecule has 0 amide bonds. The van der Waals surface area contributed by atoms with Crippen molar-refractivity contribution < 1.29 is 4.79 Å². The van der Waals surface area contributed by atoms with Crippen LogP contribution in [0.5, 0.6) is 0 Å². The minimum atomic E-state index is 0.0817. The number of benzene rings is 1. The summed E-state index contributed by atoms with van der Waals surface area (Å²) >= 11 is 0. The van der Waals surface area contributed by atoms with Crippen LogP contribution in [0.3, 0.4) is 0 Å². The molecule has 1 nitrogen and oxygen atoms in total. The van der Waals surface area contributed by atoms with Gasteiger partial charge in [0.1, 0.15) is 0 Å². The van der Waals surface area contributed by atoms with Crippen LogP contribution in [0, 0.1) is 13.8 Å². The van der Waals surface area contributed by atoms with Crippen molar-refractivity contribution in [3.8, 4) is 0 Å². The standard InChI is InChI=1S/C12H14O/c1-9-4-6-12(8-10(9)2)7-5-11(3)13/h4-8H,1-3H3/b7-5+. The van der Waals surface area contributed by atoms with E-state index in [4.69, 9.17) is 0 Å². The van der Waals surface area contributed by atoms with Crippen LogP contribution in [0.1, 0.15) is 23.6 Å². The molecule has 0 aliphatic carbocycles. The number of rotatable bonds is 2. The van der Waals surface area contributed by atoms with E-state index in [2.05, 4.69) is 26.0 Å². The summed E-state index contributed by atoms with van der Waals surface area (Å²) in [6.07, 6.45) is 3.43. The second-order valence-corrected chi connectivity index (χ2v) is 3.29. The van der Waals surface area contributed by atoms with E-state index in [-0.39, 0.29) is 5.78 Å². The van der Waals surface area contributed by atoms with E-state index in [0.29, 0.717) is 0 Å². The van der Waals surface area contributed by atoms with Gasteiger partial charge in [-0.3, -0.25) is 4.79 Å². The van der Waals surface area contributed by atoms with E-state index in [1.54, 1.807) is 13.0 Å². The first kappa shape index (κ1) is 9.72. The smallest absolute Gasteiger partial charge is 0.152 e. The molecular weight excluding hydrogens is 160 g/mol. The van der Waals surface area contributed by atoms with Gasteiger partial charge in [0.15, 0.2) is 5.78 Å². The van der Waals surface area contributed by atoms with E-state index in [9.17, 15) is 4.79 Å². The van der Waals surface area contributed by atoms with Gasteiger partial charge in [-0.05, 0) is 43.5 Å². The van der Waals surface area contributed by atoms with E-state index in [0.717, 1.165) is 5.56 Å². The highest BCUT2D eigenvalue weighted by atomic mass is 16.1. The van der Waals surface area contributed by atoms with Gasteiger partial charge in [0, 0.05) is 0 Å². The molecule has 68 valence electrons. The van der Waals surface area contributed by atoms with Gasteiger partial charge < -0.3 is 0 Å². The second kappa shape index (κ2) is 4.04. The molecule has 0 heterocycles. The van der Waals surface area contributed by atoms with Crippen molar-refractivity contribution in [1.29, 1.82) is 0 Å². The Bertz CT molecular complexity index is 348. The molecule has 0 atom stereocenters. The van der Waals surface area contributed by atoms with Crippen LogP contribution in [-0.4, -0.2) is 5.78 Å². The van der Waals surface area contributed by atoms with Crippen LogP contribution >= 0.6 is 0 Å². The molecule has 0 unspecified atom stereocenters. The molecule has 0 N–H and O–H groups in total. The average Bonchev–Trinajstić information content (AvgIpc) is 2.07. The van der Waals surface area contributed by atoms with Gasteiger partial charge in [-0.15, -0.1) is 0 Å². The first-order valence-corrected chi connectivity index (χ1v) is 4.35. The third-order valence-electron chi connectivity index (χ3n) is 2.04. The molecule has 1 aromatic carbocycles. The fourth-order valence-corrected chi connectivity index (χ4v) is 1.08. The van der Waals surface area contributed by atoms with Crippen molar-refractivity contribution in [2.45, 2.75) is 20.8 Å². The van der Waals surface area contributed by atoms with Crippen LogP contribution in [0.25, 0.3) is 6.08 Å². The molecule has 1 heteroatoms. The highest BCUT2D eigenvalue weighted by Gasteiger charge is 1.92. The topological polar surface area (TPSA) is 17.1 Å². The summed E-state index contributed by atoms with van der Waals surface area (Å²) in [5.74, 6) is 0.0817. The lowest BCUT2D eigenvalue weighted by Gasteiger charge is -1.99. The molecule has 0 radical (unpaired) electrons. The normalized spacial score (nSPS) is 10.7.